The summed E-state index contributed by atoms with van der Waals surface area (Å²) < 4.78 is 29.3. The Kier molecular flexibility index (Phi) is 7.73. The summed E-state index contributed by atoms with van der Waals surface area (Å²) >= 11 is 0. The minimum Gasteiger partial charge on any atom is -0.493 e. The first kappa shape index (κ1) is 20.4. The lowest BCUT2D eigenvalue weighted by Crippen LogP contribution is -2.37. The number of nitrogens with one attached hydrogen (secondary N) is 2. The molecule has 0 radical (unpaired) electrons. The number of guanidine groups is 1. The normalized spacial score (nSPS) is 11.1. The molecule has 0 heterocycles. The van der Waals surface area contributed by atoms with Gasteiger partial charge in [-0.2, -0.15) is 0 Å². The summed E-state index contributed by atoms with van der Waals surface area (Å²) in [6, 6.07) is 10.4. The van der Waals surface area contributed by atoms with E-state index in [4.69, 9.17) is 14.2 Å². The third-order valence-corrected chi connectivity index (χ3v) is 4.00. The van der Waals surface area contributed by atoms with Crippen molar-refractivity contribution in [3.05, 3.63) is 53.3 Å². The maximum Gasteiger partial charge on any atom is 0.203 e. The number of benzene rings is 2. The molecule has 0 atom stereocenters. The van der Waals surface area contributed by atoms with E-state index in [1.807, 2.05) is 18.2 Å². The monoisotopic (exact) mass is 375 g/mol. The molecule has 27 heavy (non-hydrogen) atoms. The number of rotatable bonds is 8. The predicted molar refractivity (Wildman–Crippen MR) is 104 cm³/mol. The predicted octanol–water partition coefficient (Wildman–Crippen LogP) is 2.76. The SMILES string of the molecule is CN=C(NCCc1cccc(F)c1)NCc1cc(OC)c(OC)c(OC)c1. The number of nitrogens with zero attached hydrogens (tertiary/aromatic N) is 1. The zero-order chi connectivity index (χ0) is 19.6. The largest absolute Gasteiger partial charge is 0.493 e. The van der Waals surface area contributed by atoms with Crippen molar-refractivity contribution in [2.45, 2.75) is 13.0 Å². The average Bonchev–Trinajstić information content (AvgIpc) is 2.69. The number of aliphatic imine (C=N–C) groups is 1. The molecular formula is C20H26FN3O3. The summed E-state index contributed by atoms with van der Waals surface area (Å²) in [6.45, 7) is 1.16. The van der Waals surface area contributed by atoms with Crippen LogP contribution in [-0.2, 0) is 13.0 Å². The van der Waals surface area contributed by atoms with Gasteiger partial charge in [0.1, 0.15) is 5.82 Å². The molecule has 0 spiro atoms. The molecule has 0 saturated heterocycles. The van der Waals surface area contributed by atoms with Crippen LogP contribution in [0.25, 0.3) is 0 Å². The smallest absolute Gasteiger partial charge is 0.203 e. The van der Waals surface area contributed by atoms with Gasteiger partial charge in [0.15, 0.2) is 17.5 Å². The zero-order valence-corrected chi connectivity index (χ0v) is 16.1. The van der Waals surface area contributed by atoms with Crippen molar-refractivity contribution in [1.82, 2.24) is 10.6 Å². The summed E-state index contributed by atoms with van der Waals surface area (Å²) in [5, 5.41) is 6.45. The van der Waals surface area contributed by atoms with Crippen molar-refractivity contribution >= 4 is 5.96 Å². The fraction of sp³-hybridized carbons (Fsp3) is 0.350. The van der Waals surface area contributed by atoms with Crippen LogP contribution in [0.4, 0.5) is 4.39 Å². The van der Waals surface area contributed by atoms with Gasteiger partial charge in [-0.25, -0.2) is 4.39 Å². The first-order valence-electron chi connectivity index (χ1n) is 8.59. The molecule has 2 N–H and O–H groups in total. The topological polar surface area (TPSA) is 64.1 Å². The minimum atomic E-state index is -0.225. The molecule has 0 aromatic heterocycles. The summed E-state index contributed by atoms with van der Waals surface area (Å²) in [5.41, 5.74) is 1.89. The molecule has 0 unspecified atom stereocenters. The van der Waals surface area contributed by atoms with Crippen LogP contribution in [0.5, 0.6) is 17.2 Å². The Hall–Kier alpha value is -2.96. The maximum absolute atomic E-state index is 13.2. The van der Waals surface area contributed by atoms with Crippen LogP contribution >= 0.6 is 0 Å². The van der Waals surface area contributed by atoms with Crippen molar-refractivity contribution in [2.75, 3.05) is 34.9 Å². The second-order valence-electron chi connectivity index (χ2n) is 5.77. The second kappa shape index (κ2) is 10.3. The van der Waals surface area contributed by atoms with Crippen LogP contribution in [0.3, 0.4) is 0 Å². The Morgan fingerprint density at radius 1 is 0.963 bits per heavy atom. The van der Waals surface area contributed by atoms with Crippen molar-refractivity contribution in [3.8, 4) is 17.2 Å². The van der Waals surface area contributed by atoms with Gasteiger partial charge in [0.05, 0.1) is 21.3 Å². The van der Waals surface area contributed by atoms with Gasteiger partial charge in [0.2, 0.25) is 5.75 Å². The molecule has 2 aromatic carbocycles. The summed E-state index contributed by atoms with van der Waals surface area (Å²) in [7, 11) is 6.44. The zero-order valence-electron chi connectivity index (χ0n) is 16.1. The van der Waals surface area contributed by atoms with E-state index < -0.39 is 0 Å². The lowest BCUT2D eigenvalue weighted by atomic mass is 10.1. The molecule has 0 bridgehead atoms. The van der Waals surface area contributed by atoms with Gasteiger partial charge >= 0.3 is 0 Å². The maximum atomic E-state index is 13.2. The lowest BCUT2D eigenvalue weighted by molar-refractivity contribution is 0.323. The summed E-state index contributed by atoms with van der Waals surface area (Å²) in [6.07, 6.45) is 0.697. The van der Waals surface area contributed by atoms with Gasteiger partial charge in [-0.3, -0.25) is 4.99 Å². The van der Waals surface area contributed by atoms with E-state index >= 15 is 0 Å². The average molecular weight is 375 g/mol. The van der Waals surface area contributed by atoms with Crippen LogP contribution in [0.1, 0.15) is 11.1 Å². The van der Waals surface area contributed by atoms with E-state index in [9.17, 15) is 4.39 Å². The van der Waals surface area contributed by atoms with Gasteiger partial charge in [0.25, 0.3) is 0 Å². The molecule has 2 rings (SSSR count). The first-order chi connectivity index (χ1) is 13.1. The molecule has 0 aliphatic carbocycles. The molecule has 0 fully saturated rings. The molecule has 0 amide bonds. The second-order valence-corrected chi connectivity index (χ2v) is 5.77. The lowest BCUT2D eigenvalue weighted by Gasteiger charge is -2.16. The van der Waals surface area contributed by atoms with Crippen LogP contribution in [0.15, 0.2) is 41.4 Å². The van der Waals surface area contributed by atoms with E-state index in [1.54, 1.807) is 34.4 Å². The Balaban J connectivity index is 1.93. The van der Waals surface area contributed by atoms with Crippen molar-refractivity contribution < 1.29 is 18.6 Å². The number of halogens is 1. The standard InChI is InChI=1S/C20H26FN3O3/c1-22-20(23-9-8-14-6-5-7-16(21)10-14)24-13-15-11-17(25-2)19(27-4)18(12-15)26-3/h5-7,10-12H,8-9,13H2,1-4H3,(H2,22,23,24). The molecule has 146 valence electrons. The molecule has 2 aromatic rings. The third-order valence-electron chi connectivity index (χ3n) is 4.00. The Morgan fingerprint density at radius 3 is 2.22 bits per heavy atom. The van der Waals surface area contributed by atoms with E-state index in [-0.39, 0.29) is 5.82 Å². The molecule has 0 aliphatic heterocycles. The van der Waals surface area contributed by atoms with E-state index in [2.05, 4.69) is 15.6 Å². The first-order valence-corrected chi connectivity index (χ1v) is 8.59. The van der Waals surface area contributed by atoms with Crippen LogP contribution in [0, 0.1) is 5.82 Å². The van der Waals surface area contributed by atoms with Crippen molar-refractivity contribution in [1.29, 1.82) is 0 Å². The Bertz CT molecular complexity index is 756. The number of hydrogen-bond acceptors (Lipinski definition) is 4. The van der Waals surface area contributed by atoms with Crippen LogP contribution in [-0.4, -0.2) is 40.9 Å². The van der Waals surface area contributed by atoms with Crippen molar-refractivity contribution in [2.24, 2.45) is 4.99 Å². The summed E-state index contributed by atoms with van der Waals surface area (Å²) in [5.74, 6) is 2.18. The van der Waals surface area contributed by atoms with Crippen LogP contribution < -0.4 is 24.8 Å². The number of hydrogen-bond donors (Lipinski definition) is 2. The molecule has 6 nitrogen and oxygen atoms in total. The van der Waals surface area contributed by atoms with Gasteiger partial charge in [0, 0.05) is 20.1 Å². The highest BCUT2D eigenvalue weighted by Crippen LogP contribution is 2.38. The third kappa shape index (κ3) is 5.77. The highest BCUT2D eigenvalue weighted by atomic mass is 19.1. The Morgan fingerprint density at radius 2 is 1.67 bits per heavy atom. The molecular weight excluding hydrogens is 349 g/mol. The van der Waals surface area contributed by atoms with Crippen molar-refractivity contribution in [3.63, 3.8) is 0 Å². The Labute approximate surface area is 159 Å². The van der Waals surface area contributed by atoms with E-state index in [0.717, 1.165) is 11.1 Å². The van der Waals surface area contributed by atoms with Crippen LogP contribution in [0.2, 0.25) is 0 Å². The number of methoxy groups -OCH3 is 3. The van der Waals surface area contributed by atoms with Gasteiger partial charge < -0.3 is 24.8 Å². The molecule has 7 heteroatoms. The number of ether oxygens (including phenoxy) is 3. The summed E-state index contributed by atoms with van der Waals surface area (Å²) in [4.78, 5) is 4.20. The highest BCUT2D eigenvalue weighted by molar-refractivity contribution is 5.79. The van der Waals surface area contributed by atoms with E-state index in [1.165, 1.54) is 12.1 Å². The molecule has 0 saturated carbocycles. The fourth-order valence-electron chi connectivity index (χ4n) is 2.66. The van der Waals surface area contributed by atoms with Gasteiger partial charge in [-0.1, -0.05) is 12.1 Å². The quantitative estimate of drug-likeness (QED) is 0.549. The highest BCUT2D eigenvalue weighted by Gasteiger charge is 2.13. The van der Waals surface area contributed by atoms with E-state index in [0.29, 0.717) is 42.7 Å². The minimum absolute atomic E-state index is 0.225. The molecule has 0 aliphatic rings. The fourth-order valence-corrected chi connectivity index (χ4v) is 2.66. The van der Waals surface area contributed by atoms with Gasteiger partial charge in [-0.05, 0) is 41.8 Å². The van der Waals surface area contributed by atoms with Gasteiger partial charge in [-0.15, -0.1) is 0 Å².